The Balaban J connectivity index is 1.61. The molecule has 4 heterocycles. The first kappa shape index (κ1) is 21.1. The van der Waals surface area contributed by atoms with E-state index >= 15 is 0 Å². The summed E-state index contributed by atoms with van der Waals surface area (Å²) in [6, 6.07) is 12.7. The van der Waals surface area contributed by atoms with Gasteiger partial charge < -0.3 is 9.64 Å². The van der Waals surface area contributed by atoms with Crippen LogP contribution in [0, 0.1) is 0 Å². The summed E-state index contributed by atoms with van der Waals surface area (Å²) in [4.78, 5) is 26.1. The summed E-state index contributed by atoms with van der Waals surface area (Å²) in [6.07, 6.45) is 2.38. The predicted octanol–water partition coefficient (Wildman–Crippen LogP) is 4.89. The fourth-order valence-corrected chi connectivity index (χ4v) is 4.42. The molecule has 0 aliphatic carbocycles. The van der Waals surface area contributed by atoms with Crippen LogP contribution in [-0.4, -0.2) is 42.2 Å². The minimum absolute atomic E-state index is 0.0695. The van der Waals surface area contributed by atoms with Crippen LogP contribution in [0.15, 0.2) is 54.7 Å². The second-order valence-corrected chi connectivity index (χ2v) is 8.25. The Morgan fingerprint density at radius 3 is 2.79 bits per heavy atom. The molecule has 5 rings (SSSR count). The minimum atomic E-state index is -2.98. The smallest absolute Gasteiger partial charge is 0.329 e. The summed E-state index contributed by atoms with van der Waals surface area (Å²) in [5, 5.41) is 2.84. The van der Waals surface area contributed by atoms with Crippen molar-refractivity contribution in [1.29, 1.82) is 0 Å². The molecule has 0 saturated carbocycles. The Kier molecular flexibility index (Phi) is 5.11. The number of hydrogen-bond acceptors (Lipinski definition) is 5. The highest BCUT2D eigenvalue weighted by Crippen LogP contribution is 2.46. The van der Waals surface area contributed by atoms with Crippen LogP contribution in [0.1, 0.15) is 18.9 Å². The molecule has 7 nitrogen and oxygen atoms in total. The number of rotatable bonds is 4. The third-order valence-electron chi connectivity index (χ3n) is 6.02. The average molecular weight is 451 g/mol. The summed E-state index contributed by atoms with van der Waals surface area (Å²) in [6.45, 7) is 2.29. The van der Waals surface area contributed by atoms with Crippen molar-refractivity contribution in [2.75, 3.05) is 35.3 Å². The van der Waals surface area contributed by atoms with Crippen LogP contribution in [0.25, 0.3) is 11.3 Å². The van der Waals surface area contributed by atoms with Gasteiger partial charge in [0.05, 0.1) is 18.8 Å². The van der Waals surface area contributed by atoms with Gasteiger partial charge in [-0.15, -0.1) is 0 Å². The Hall–Kier alpha value is -3.75. The molecule has 1 saturated heterocycles. The fourth-order valence-electron chi connectivity index (χ4n) is 4.42. The molecular weight excluding hydrogens is 428 g/mol. The molecule has 0 spiro atoms. The van der Waals surface area contributed by atoms with Gasteiger partial charge in [-0.1, -0.05) is 24.3 Å². The molecule has 2 amide bonds. The fraction of sp³-hybridized carbons (Fsp3) is 0.292. The van der Waals surface area contributed by atoms with Gasteiger partial charge in [-0.3, -0.25) is 10.2 Å². The number of benzene rings is 1. The lowest BCUT2D eigenvalue weighted by Gasteiger charge is -2.36. The molecule has 33 heavy (non-hydrogen) atoms. The summed E-state index contributed by atoms with van der Waals surface area (Å²) >= 11 is 0. The SMILES string of the molecule is COc1cc(-c2cccc(C(C)(F)F)c2)nc2c1N1CC[C@@H](C1)N2C(=O)Nc1ccccn1. The van der Waals surface area contributed by atoms with Gasteiger partial charge in [-0.05, 0) is 24.6 Å². The average Bonchev–Trinajstić information content (AvgIpc) is 3.22. The quantitative estimate of drug-likeness (QED) is 0.611. The van der Waals surface area contributed by atoms with E-state index in [-0.39, 0.29) is 17.6 Å². The topological polar surface area (TPSA) is 70.6 Å². The molecule has 1 aromatic carbocycles. The second kappa shape index (κ2) is 7.99. The minimum Gasteiger partial charge on any atom is -0.494 e. The van der Waals surface area contributed by atoms with Crippen LogP contribution >= 0.6 is 0 Å². The number of fused-ring (bicyclic) bond motifs is 4. The first-order valence-corrected chi connectivity index (χ1v) is 10.7. The Morgan fingerprint density at radius 2 is 2.06 bits per heavy atom. The molecule has 170 valence electrons. The zero-order valence-electron chi connectivity index (χ0n) is 18.3. The van der Waals surface area contributed by atoms with Crippen molar-refractivity contribution in [3.63, 3.8) is 0 Å². The number of nitrogens with one attached hydrogen (secondary N) is 1. The zero-order valence-corrected chi connectivity index (χ0v) is 18.3. The summed E-state index contributed by atoms with van der Waals surface area (Å²) in [5.74, 6) is -1.56. The van der Waals surface area contributed by atoms with Crippen molar-refractivity contribution in [3.05, 3.63) is 60.3 Å². The molecule has 0 radical (unpaired) electrons. The summed E-state index contributed by atoms with van der Waals surface area (Å²) < 4.78 is 33.5. The number of amides is 2. The highest BCUT2D eigenvalue weighted by molar-refractivity contribution is 6.05. The molecule has 3 aromatic rings. The van der Waals surface area contributed by atoms with Crippen molar-refractivity contribution in [2.45, 2.75) is 25.3 Å². The molecule has 2 aromatic heterocycles. The normalized spacial score (nSPS) is 17.0. The maximum atomic E-state index is 13.9. The number of alkyl halides is 2. The first-order valence-electron chi connectivity index (χ1n) is 10.7. The number of ether oxygens (including phenoxy) is 1. The van der Waals surface area contributed by atoms with E-state index in [1.807, 2.05) is 0 Å². The third-order valence-corrected chi connectivity index (χ3v) is 6.02. The Labute approximate surface area is 190 Å². The number of hydrogen-bond donors (Lipinski definition) is 1. The predicted molar refractivity (Wildman–Crippen MR) is 122 cm³/mol. The molecule has 2 aliphatic rings. The van der Waals surface area contributed by atoms with Gasteiger partial charge in [0.1, 0.15) is 17.3 Å². The lowest BCUT2D eigenvalue weighted by atomic mass is 10.0. The maximum Gasteiger partial charge on any atom is 0.329 e. The van der Waals surface area contributed by atoms with E-state index in [0.29, 0.717) is 35.2 Å². The number of aromatic nitrogens is 2. The highest BCUT2D eigenvalue weighted by atomic mass is 19.3. The number of methoxy groups -OCH3 is 1. The van der Waals surface area contributed by atoms with Crippen LogP contribution in [0.2, 0.25) is 0 Å². The third kappa shape index (κ3) is 3.83. The lowest BCUT2D eigenvalue weighted by molar-refractivity contribution is 0.0175. The van der Waals surface area contributed by atoms with Gasteiger partial charge in [0, 0.05) is 43.4 Å². The number of urea groups is 1. The molecule has 0 unspecified atom stereocenters. The van der Waals surface area contributed by atoms with Gasteiger partial charge in [-0.25, -0.2) is 23.5 Å². The van der Waals surface area contributed by atoms with E-state index in [2.05, 4.69) is 15.2 Å². The van der Waals surface area contributed by atoms with Crippen LogP contribution in [0.5, 0.6) is 5.75 Å². The van der Waals surface area contributed by atoms with Crippen LogP contribution < -0.4 is 19.9 Å². The maximum absolute atomic E-state index is 13.9. The van der Waals surface area contributed by atoms with Gasteiger partial charge in [0.2, 0.25) is 0 Å². The largest absolute Gasteiger partial charge is 0.494 e. The van der Waals surface area contributed by atoms with Crippen molar-refractivity contribution in [1.82, 2.24) is 9.97 Å². The molecular formula is C24H23F2N5O2. The van der Waals surface area contributed by atoms with Crippen molar-refractivity contribution >= 4 is 23.4 Å². The van der Waals surface area contributed by atoms with Crippen LogP contribution in [0.4, 0.5) is 30.9 Å². The summed E-state index contributed by atoms with van der Waals surface area (Å²) in [7, 11) is 1.55. The highest BCUT2D eigenvalue weighted by Gasteiger charge is 2.42. The van der Waals surface area contributed by atoms with Crippen molar-refractivity contribution in [3.8, 4) is 17.0 Å². The van der Waals surface area contributed by atoms with Gasteiger partial charge in [0.15, 0.2) is 5.82 Å². The summed E-state index contributed by atoms with van der Waals surface area (Å²) in [5.41, 5.74) is 1.60. The number of pyridine rings is 2. The van der Waals surface area contributed by atoms with E-state index in [9.17, 15) is 13.6 Å². The zero-order chi connectivity index (χ0) is 23.2. The standard InChI is InChI=1S/C24H23F2N5O2/c1-24(25,26)16-7-5-6-15(12-16)18-13-19(33-2)21-22(28-18)31(17-9-11-30(21)14-17)23(32)29-20-8-3-4-10-27-20/h3-8,10,12-13,17H,9,11,14H2,1-2H3,(H,27,29,32)/t17-/m0/s1. The molecule has 2 bridgehead atoms. The lowest BCUT2D eigenvalue weighted by Crippen LogP contribution is -2.48. The monoisotopic (exact) mass is 451 g/mol. The van der Waals surface area contributed by atoms with Crippen LogP contribution in [0.3, 0.4) is 0 Å². The van der Waals surface area contributed by atoms with E-state index in [1.165, 1.54) is 12.1 Å². The molecule has 1 fully saturated rings. The Bertz CT molecular complexity index is 1200. The van der Waals surface area contributed by atoms with E-state index in [1.54, 1.807) is 54.6 Å². The van der Waals surface area contributed by atoms with Gasteiger partial charge >= 0.3 is 6.03 Å². The van der Waals surface area contributed by atoms with Crippen LogP contribution in [-0.2, 0) is 5.92 Å². The van der Waals surface area contributed by atoms with E-state index in [4.69, 9.17) is 9.72 Å². The second-order valence-electron chi connectivity index (χ2n) is 8.25. The molecule has 1 atom stereocenters. The number of nitrogens with zero attached hydrogens (tertiary/aromatic N) is 4. The first-order chi connectivity index (χ1) is 15.8. The number of anilines is 3. The van der Waals surface area contributed by atoms with Gasteiger partial charge in [0.25, 0.3) is 5.92 Å². The molecule has 9 heteroatoms. The Morgan fingerprint density at radius 1 is 1.21 bits per heavy atom. The van der Waals surface area contributed by atoms with Gasteiger partial charge in [-0.2, -0.15) is 0 Å². The van der Waals surface area contributed by atoms with E-state index in [0.717, 1.165) is 25.6 Å². The van der Waals surface area contributed by atoms with Crippen molar-refractivity contribution in [2.24, 2.45) is 0 Å². The number of carbonyl (C=O) groups is 1. The molecule has 1 N–H and O–H groups in total. The number of carbonyl (C=O) groups excluding carboxylic acids is 1. The van der Waals surface area contributed by atoms with E-state index < -0.39 is 5.92 Å². The molecule has 2 aliphatic heterocycles. The van der Waals surface area contributed by atoms with Crippen molar-refractivity contribution < 1.29 is 18.3 Å². The number of halogens is 2.